The van der Waals surface area contributed by atoms with Crippen LogP contribution in [-0.2, 0) is 0 Å². The lowest BCUT2D eigenvalue weighted by molar-refractivity contribution is 0.227. The van der Waals surface area contributed by atoms with E-state index in [4.69, 9.17) is 16.6 Å². The van der Waals surface area contributed by atoms with Crippen molar-refractivity contribution in [2.24, 2.45) is 0 Å². The summed E-state index contributed by atoms with van der Waals surface area (Å²) in [6.07, 6.45) is 6.85. The van der Waals surface area contributed by atoms with Crippen LogP contribution in [0.4, 0.5) is 0 Å². The topological polar surface area (TPSA) is 34.0 Å². The number of aromatic nitrogens is 3. The minimum Gasteiger partial charge on any atom is -0.328 e. The zero-order valence-electron chi connectivity index (χ0n) is 16.2. The van der Waals surface area contributed by atoms with E-state index in [0.717, 1.165) is 27.5 Å². The molecule has 0 fully saturated rings. The molecule has 0 N–H and O–H groups in total. The number of imidazole rings is 1. The fourth-order valence-electron chi connectivity index (χ4n) is 3.77. The summed E-state index contributed by atoms with van der Waals surface area (Å²) in [4.78, 5) is 11.4. The van der Waals surface area contributed by atoms with Crippen LogP contribution in [-0.4, -0.2) is 39.6 Å². The number of likely N-dealkylation sites (N-methyl/N-ethyl adjacent to an activating group) is 1. The van der Waals surface area contributed by atoms with Crippen molar-refractivity contribution < 1.29 is 0 Å². The van der Waals surface area contributed by atoms with Crippen LogP contribution < -0.4 is 0 Å². The summed E-state index contributed by atoms with van der Waals surface area (Å²) >= 11 is 7.87. The fourth-order valence-corrected chi connectivity index (χ4v) is 4.97. The summed E-state index contributed by atoms with van der Waals surface area (Å²) in [7, 11) is 4.28. The van der Waals surface area contributed by atoms with Gasteiger partial charge in [-0.25, -0.2) is 9.97 Å². The van der Waals surface area contributed by atoms with Crippen molar-refractivity contribution in [1.29, 1.82) is 0 Å². The molecule has 0 saturated carbocycles. The van der Waals surface area contributed by atoms with Crippen LogP contribution in [0.2, 0.25) is 5.02 Å². The van der Waals surface area contributed by atoms with E-state index < -0.39 is 0 Å². The van der Waals surface area contributed by atoms with Gasteiger partial charge in [0, 0.05) is 29.0 Å². The van der Waals surface area contributed by atoms with E-state index in [2.05, 4.69) is 59.7 Å². The van der Waals surface area contributed by atoms with Crippen LogP contribution in [0.15, 0.2) is 61.2 Å². The molecule has 0 aliphatic rings. The summed E-state index contributed by atoms with van der Waals surface area (Å²) in [6, 6.07) is 15.0. The van der Waals surface area contributed by atoms with E-state index in [0.29, 0.717) is 6.04 Å². The lowest BCUT2D eigenvalue weighted by atomic mass is 9.96. The number of nitrogens with zero attached hydrogens (tertiary/aromatic N) is 4. The van der Waals surface area contributed by atoms with Crippen LogP contribution in [0.1, 0.15) is 24.9 Å². The third-order valence-corrected chi connectivity index (χ3v) is 6.42. The van der Waals surface area contributed by atoms with E-state index in [1.807, 2.05) is 36.9 Å². The van der Waals surface area contributed by atoms with E-state index >= 15 is 0 Å². The van der Waals surface area contributed by atoms with Gasteiger partial charge < -0.3 is 9.47 Å². The first kappa shape index (κ1) is 19.1. The molecule has 2 aromatic heterocycles. The predicted molar refractivity (Wildman–Crippen MR) is 118 cm³/mol. The Bertz CT molecular complexity index is 1070. The van der Waals surface area contributed by atoms with Crippen molar-refractivity contribution >= 4 is 33.2 Å². The smallest absolute Gasteiger partial charge is 0.124 e. The maximum Gasteiger partial charge on any atom is 0.124 e. The molecule has 0 radical (unpaired) electrons. The van der Waals surface area contributed by atoms with Gasteiger partial charge in [-0.3, -0.25) is 0 Å². The summed E-state index contributed by atoms with van der Waals surface area (Å²) in [5.41, 5.74) is 3.35. The van der Waals surface area contributed by atoms with Gasteiger partial charge in [-0.1, -0.05) is 36.7 Å². The number of fused-ring (bicyclic) bond motifs is 1. The van der Waals surface area contributed by atoms with E-state index in [1.54, 1.807) is 11.3 Å². The Morgan fingerprint density at radius 1 is 1.18 bits per heavy atom. The minimum atomic E-state index is 0.198. The number of benzene rings is 2. The average Bonchev–Trinajstić information content (AvgIpc) is 3.34. The first-order valence-corrected chi connectivity index (χ1v) is 10.6. The van der Waals surface area contributed by atoms with E-state index in [9.17, 15) is 0 Å². The Morgan fingerprint density at radius 2 is 2.04 bits per heavy atom. The lowest BCUT2D eigenvalue weighted by Gasteiger charge is -2.33. The average molecular weight is 411 g/mol. The molecular formula is C22H23ClN4S. The highest BCUT2D eigenvalue weighted by Gasteiger charge is 2.25. The second-order valence-electron chi connectivity index (χ2n) is 7.15. The minimum absolute atomic E-state index is 0.198. The zero-order valence-corrected chi connectivity index (χ0v) is 17.8. The first-order valence-electron chi connectivity index (χ1n) is 9.37. The third kappa shape index (κ3) is 3.70. The largest absolute Gasteiger partial charge is 0.328 e. The van der Waals surface area contributed by atoms with Gasteiger partial charge in [0.1, 0.15) is 5.01 Å². The highest BCUT2D eigenvalue weighted by Crippen LogP contribution is 2.35. The molecule has 2 heterocycles. The molecule has 0 bridgehead atoms. The van der Waals surface area contributed by atoms with Gasteiger partial charge in [-0.2, -0.15) is 0 Å². The molecule has 2 atom stereocenters. The van der Waals surface area contributed by atoms with Crippen molar-refractivity contribution in [3.8, 4) is 10.6 Å². The Hall–Kier alpha value is -2.21. The Labute approximate surface area is 174 Å². The maximum absolute atomic E-state index is 6.16. The Morgan fingerprint density at radius 3 is 2.71 bits per heavy atom. The first-order chi connectivity index (χ1) is 13.6. The van der Waals surface area contributed by atoms with Gasteiger partial charge in [0.15, 0.2) is 0 Å². The molecule has 144 valence electrons. The van der Waals surface area contributed by atoms with Crippen LogP contribution >= 0.6 is 22.9 Å². The van der Waals surface area contributed by atoms with Gasteiger partial charge in [0.05, 0.1) is 22.6 Å². The van der Waals surface area contributed by atoms with Gasteiger partial charge in [0.2, 0.25) is 0 Å². The fraction of sp³-hybridized carbons (Fsp3) is 0.273. The van der Waals surface area contributed by atoms with Gasteiger partial charge in [-0.05, 0) is 50.3 Å². The summed E-state index contributed by atoms with van der Waals surface area (Å²) in [5.74, 6) is 0. The Balaban J connectivity index is 1.78. The zero-order chi connectivity index (χ0) is 19.7. The van der Waals surface area contributed by atoms with Crippen LogP contribution in [0.3, 0.4) is 0 Å². The molecule has 6 heteroatoms. The van der Waals surface area contributed by atoms with Gasteiger partial charge in [-0.15, -0.1) is 11.3 Å². The van der Waals surface area contributed by atoms with Crippen LogP contribution in [0, 0.1) is 0 Å². The summed E-state index contributed by atoms with van der Waals surface area (Å²) in [5, 5.41) is 1.72. The molecule has 0 saturated heterocycles. The lowest BCUT2D eigenvalue weighted by Crippen LogP contribution is -2.36. The highest BCUT2D eigenvalue weighted by molar-refractivity contribution is 7.21. The molecule has 4 aromatic rings. The van der Waals surface area contributed by atoms with Crippen LogP contribution in [0.5, 0.6) is 0 Å². The van der Waals surface area contributed by atoms with Crippen molar-refractivity contribution in [2.75, 3.05) is 14.1 Å². The normalized spacial score (nSPS) is 13.9. The monoisotopic (exact) mass is 410 g/mol. The standard InChI is InChI=1S/C22H23ClN4S/c1-4-19(26(2)3)21(27-11-10-24-14-27)15-8-9-18-20(13-15)28-22(25-18)16-6-5-7-17(23)12-16/h5-14,19,21H,4H2,1-3H3. The number of rotatable bonds is 6. The molecule has 0 aliphatic carbocycles. The van der Waals surface area contributed by atoms with Crippen molar-refractivity contribution in [3.63, 3.8) is 0 Å². The number of hydrogen-bond donors (Lipinski definition) is 0. The molecule has 2 unspecified atom stereocenters. The van der Waals surface area contributed by atoms with Gasteiger partial charge in [0.25, 0.3) is 0 Å². The number of thiazole rings is 1. The number of halogens is 1. The molecule has 28 heavy (non-hydrogen) atoms. The van der Waals surface area contributed by atoms with Gasteiger partial charge >= 0.3 is 0 Å². The molecule has 0 amide bonds. The predicted octanol–water partition coefficient (Wildman–Crippen LogP) is 5.74. The summed E-state index contributed by atoms with van der Waals surface area (Å²) in [6.45, 7) is 2.23. The van der Waals surface area contributed by atoms with E-state index in [-0.39, 0.29) is 6.04 Å². The quantitative estimate of drug-likeness (QED) is 0.406. The van der Waals surface area contributed by atoms with Crippen LogP contribution in [0.25, 0.3) is 20.8 Å². The summed E-state index contributed by atoms with van der Waals surface area (Å²) < 4.78 is 3.39. The molecule has 4 nitrogen and oxygen atoms in total. The second kappa shape index (κ2) is 8.03. The van der Waals surface area contributed by atoms with E-state index in [1.165, 1.54) is 10.3 Å². The third-order valence-electron chi connectivity index (χ3n) is 5.12. The molecule has 4 rings (SSSR count). The van der Waals surface area contributed by atoms with Crippen molar-refractivity contribution in [2.45, 2.75) is 25.4 Å². The Kier molecular flexibility index (Phi) is 5.49. The molecule has 2 aromatic carbocycles. The molecule has 0 spiro atoms. The van der Waals surface area contributed by atoms with Crippen molar-refractivity contribution in [1.82, 2.24) is 19.4 Å². The second-order valence-corrected chi connectivity index (χ2v) is 8.62. The molecular weight excluding hydrogens is 388 g/mol. The highest BCUT2D eigenvalue weighted by atomic mass is 35.5. The number of hydrogen-bond acceptors (Lipinski definition) is 4. The maximum atomic E-state index is 6.16. The SMILES string of the molecule is CCC(C(c1ccc2nc(-c3cccc(Cl)c3)sc2c1)n1ccnc1)N(C)C. The molecule has 0 aliphatic heterocycles. The van der Waals surface area contributed by atoms with Crippen molar-refractivity contribution in [3.05, 3.63) is 71.8 Å².